The van der Waals surface area contributed by atoms with Gasteiger partial charge in [-0.25, -0.2) is 0 Å². The monoisotopic (exact) mass is 255 g/mol. The molecule has 0 aliphatic carbocycles. The van der Waals surface area contributed by atoms with Gasteiger partial charge in [-0.05, 0) is 38.0 Å². The van der Waals surface area contributed by atoms with E-state index in [-0.39, 0.29) is 24.2 Å². The lowest BCUT2D eigenvalue weighted by Gasteiger charge is -2.34. The highest BCUT2D eigenvalue weighted by atomic mass is 16.5. The Balaban J connectivity index is 1.86. The molecule has 0 bridgehead atoms. The van der Waals surface area contributed by atoms with Crippen molar-refractivity contribution >= 4 is 5.91 Å². The Morgan fingerprint density at radius 2 is 1.94 bits per heavy atom. The molecule has 0 saturated carbocycles. The number of carbonyl (C=O) groups is 1. The van der Waals surface area contributed by atoms with E-state index in [2.05, 4.69) is 19.2 Å². The SMILES string of the molecule is CC(C)C[C@@H]1OCCC[C@@H]1NC(=O)[C@H]1CCCO1. The van der Waals surface area contributed by atoms with Gasteiger partial charge in [-0.1, -0.05) is 13.8 Å². The maximum atomic E-state index is 12.1. The molecule has 0 unspecified atom stereocenters. The molecule has 0 aromatic rings. The van der Waals surface area contributed by atoms with Gasteiger partial charge < -0.3 is 14.8 Å². The molecule has 4 heteroatoms. The topological polar surface area (TPSA) is 47.6 Å². The summed E-state index contributed by atoms with van der Waals surface area (Å²) < 4.78 is 11.2. The first kappa shape index (κ1) is 13.8. The molecule has 2 aliphatic heterocycles. The summed E-state index contributed by atoms with van der Waals surface area (Å²) in [6, 6.07) is 0.165. The third kappa shape index (κ3) is 3.69. The minimum absolute atomic E-state index is 0.0526. The Labute approximate surface area is 109 Å². The first-order valence-electron chi connectivity index (χ1n) is 7.20. The van der Waals surface area contributed by atoms with E-state index in [1.165, 1.54) is 0 Å². The van der Waals surface area contributed by atoms with Gasteiger partial charge in [-0.3, -0.25) is 4.79 Å². The molecule has 2 aliphatic rings. The minimum Gasteiger partial charge on any atom is -0.376 e. The van der Waals surface area contributed by atoms with Crippen molar-refractivity contribution in [2.24, 2.45) is 5.92 Å². The van der Waals surface area contributed by atoms with Gasteiger partial charge in [0.25, 0.3) is 0 Å². The number of ether oxygens (including phenoxy) is 2. The van der Waals surface area contributed by atoms with Crippen LogP contribution < -0.4 is 5.32 Å². The average Bonchev–Trinajstić information content (AvgIpc) is 2.84. The fraction of sp³-hybridized carbons (Fsp3) is 0.929. The number of rotatable bonds is 4. The van der Waals surface area contributed by atoms with E-state index >= 15 is 0 Å². The van der Waals surface area contributed by atoms with Gasteiger partial charge in [-0.15, -0.1) is 0 Å². The second-order valence-corrected chi connectivity index (χ2v) is 5.80. The Kier molecular flexibility index (Phi) is 5.01. The van der Waals surface area contributed by atoms with Crippen LogP contribution >= 0.6 is 0 Å². The van der Waals surface area contributed by atoms with Crippen LogP contribution in [0.1, 0.15) is 46.0 Å². The lowest BCUT2D eigenvalue weighted by Crippen LogP contribution is -2.50. The van der Waals surface area contributed by atoms with Crippen LogP contribution in [-0.4, -0.2) is 37.4 Å². The fourth-order valence-electron chi connectivity index (χ4n) is 2.76. The summed E-state index contributed by atoms with van der Waals surface area (Å²) in [4.78, 5) is 12.1. The highest BCUT2D eigenvalue weighted by Gasteiger charge is 2.31. The van der Waals surface area contributed by atoms with Crippen LogP contribution in [-0.2, 0) is 14.3 Å². The van der Waals surface area contributed by atoms with Gasteiger partial charge in [-0.2, -0.15) is 0 Å². The third-order valence-electron chi connectivity index (χ3n) is 3.69. The van der Waals surface area contributed by atoms with E-state index in [0.29, 0.717) is 12.5 Å². The van der Waals surface area contributed by atoms with Crippen molar-refractivity contribution in [3.8, 4) is 0 Å². The van der Waals surface area contributed by atoms with Crippen LogP contribution in [0, 0.1) is 5.92 Å². The molecule has 1 amide bonds. The molecule has 2 rings (SSSR count). The molecule has 2 heterocycles. The molecule has 0 aromatic carbocycles. The standard InChI is InChI=1S/C14H25NO3/c1-10(2)9-13-11(5-3-7-18-13)15-14(16)12-6-4-8-17-12/h10-13H,3-9H2,1-2H3,(H,15,16)/t11-,12+,13-/m0/s1. The van der Waals surface area contributed by atoms with Gasteiger partial charge in [0.1, 0.15) is 6.10 Å². The predicted molar refractivity (Wildman–Crippen MR) is 69.3 cm³/mol. The summed E-state index contributed by atoms with van der Waals surface area (Å²) in [6.07, 6.45) is 4.86. The molecule has 4 nitrogen and oxygen atoms in total. The van der Waals surface area contributed by atoms with Gasteiger partial charge >= 0.3 is 0 Å². The molecule has 1 N–H and O–H groups in total. The van der Waals surface area contributed by atoms with E-state index in [9.17, 15) is 4.79 Å². The van der Waals surface area contributed by atoms with E-state index < -0.39 is 0 Å². The van der Waals surface area contributed by atoms with Gasteiger partial charge in [0, 0.05) is 13.2 Å². The van der Waals surface area contributed by atoms with Crippen LogP contribution in [0.2, 0.25) is 0 Å². The maximum Gasteiger partial charge on any atom is 0.249 e. The van der Waals surface area contributed by atoms with E-state index in [0.717, 1.165) is 38.7 Å². The van der Waals surface area contributed by atoms with Gasteiger partial charge in [0.05, 0.1) is 12.1 Å². The number of hydrogen-bond donors (Lipinski definition) is 1. The molecule has 3 atom stereocenters. The van der Waals surface area contributed by atoms with Crippen molar-refractivity contribution in [1.82, 2.24) is 5.32 Å². The zero-order valence-electron chi connectivity index (χ0n) is 11.5. The van der Waals surface area contributed by atoms with Crippen molar-refractivity contribution in [3.05, 3.63) is 0 Å². The summed E-state index contributed by atoms with van der Waals surface area (Å²) in [5.41, 5.74) is 0. The highest BCUT2D eigenvalue weighted by Crippen LogP contribution is 2.21. The molecule has 104 valence electrons. The first-order valence-corrected chi connectivity index (χ1v) is 7.20. The van der Waals surface area contributed by atoms with Crippen LogP contribution in [0.3, 0.4) is 0 Å². The summed E-state index contributed by atoms with van der Waals surface area (Å²) in [5, 5.41) is 3.13. The van der Waals surface area contributed by atoms with Crippen molar-refractivity contribution in [2.75, 3.05) is 13.2 Å². The lowest BCUT2D eigenvalue weighted by molar-refractivity contribution is -0.133. The quantitative estimate of drug-likeness (QED) is 0.834. The molecular formula is C14H25NO3. The zero-order chi connectivity index (χ0) is 13.0. The van der Waals surface area contributed by atoms with Gasteiger partial charge in [0.2, 0.25) is 5.91 Å². The Morgan fingerprint density at radius 1 is 1.22 bits per heavy atom. The van der Waals surface area contributed by atoms with Crippen molar-refractivity contribution in [3.63, 3.8) is 0 Å². The highest BCUT2D eigenvalue weighted by molar-refractivity contribution is 5.81. The molecule has 0 radical (unpaired) electrons. The summed E-state index contributed by atoms with van der Waals surface area (Å²) in [7, 11) is 0. The van der Waals surface area contributed by atoms with Crippen LogP contribution in [0.4, 0.5) is 0 Å². The van der Waals surface area contributed by atoms with Crippen molar-refractivity contribution < 1.29 is 14.3 Å². The summed E-state index contributed by atoms with van der Waals surface area (Å²) >= 11 is 0. The second kappa shape index (κ2) is 6.53. The fourth-order valence-corrected chi connectivity index (χ4v) is 2.76. The number of carbonyl (C=O) groups excluding carboxylic acids is 1. The average molecular weight is 255 g/mol. The summed E-state index contributed by atoms with van der Waals surface area (Å²) in [6.45, 7) is 5.92. The molecule has 18 heavy (non-hydrogen) atoms. The van der Waals surface area contributed by atoms with Gasteiger partial charge in [0.15, 0.2) is 0 Å². The third-order valence-corrected chi connectivity index (χ3v) is 3.69. The molecule has 2 fully saturated rings. The zero-order valence-corrected chi connectivity index (χ0v) is 11.5. The normalized spacial score (nSPS) is 32.7. The second-order valence-electron chi connectivity index (χ2n) is 5.80. The Morgan fingerprint density at radius 3 is 2.61 bits per heavy atom. The number of hydrogen-bond acceptors (Lipinski definition) is 3. The Hall–Kier alpha value is -0.610. The lowest BCUT2D eigenvalue weighted by atomic mass is 9.94. The smallest absolute Gasteiger partial charge is 0.249 e. The molecule has 2 saturated heterocycles. The summed E-state index contributed by atoms with van der Waals surface area (Å²) in [5.74, 6) is 0.645. The predicted octanol–water partition coefficient (Wildman–Crippen LogP) is 1.88. The molecule has 0 spiro atoms. The van der Waals surface area contributed by atoms with E-state index in [1.54, 1.807) is 0 Å². The van der Waals surface area contributed by atoms with Crippen LogP contribution in [0.15, 0.2) is 0 Å². The maximum absolute atomic E-state index is 12.1. The largest absolute Gasteiger partial charge is 0.376 e. The minimum atomic E-state index is -0.230. The number of amides is 1. The molecule has 0 aromatic heterocycles. The molecular weight excluding hydrogens is 230 g/mol. The van der Waals surface area contributed by atoms with Crippen molar-refractivity contribution in [2.45, 2.75) is 64.2 Å². The number of nitrogens with one attached hydrogen (secondary N) is 1. The van der Waals surface area contributed by atoms with Crippen molar-refractivity contribution in [1.29, 1.82) is 0 Å². The Bertz CT molecular complexity index is 274. The van der Waals surface area contributed by atoms with E-state index in [4.69, 9.17) is 9.47 Å². The van der Waals surface area contributed by atoms with E-state index in [1.807, 2.05) is 0 Å². The van der Waals surface area contributed by atoms with Crippen LogP contribution in [0.5, 0.6) is 0 Å². The van der Waals surface area contributed by atoms with Crippen LogP contribution in [0.25, 0.3) is 0 Å². The first-order chi connectivity index (χ1) is 8.66.